The Morgan fingerprint density at radius 3 is 1.60 bits per heavy atom. The number of unbranched alkanes of at least 4 members (excludes halogenated alkanes) is 4. The second-order valence-electron chi connectivity index (χ2n) is 10.3. The fourth-order valence-electron chi connectivity index (χ4n) is 4.54. The van der Waals surface area contributed by atoms with Crippen molar-refractivity contribution in [1.29, 1.82) is 0 Å². The highest BCUT2D eigenvalue weighted by atomic mass is 16.5. The van der Waals surface area contributed by atoms with Crippen LogP contribution in [-0.2, 0) is 14.4 Å². The number of carbonyl (C=O) groups excluding carboxylic acids is 3. The molecule has 1 aliphatic heterocycles. The topological polar surface area (TPSA) is 82.1 Å². The van der Waals surface area contributed by atoms with E-state index in [-0.39, 0.29) is 5.91 Å². The summed E-state index contributed by atoms with van der Waals surface area (Å²) in [5.74, 6) is 0.316. The Morgan fingerprint density at radius 1 is 0.674 bits per heavy atom. The number of anilines is 2. The minimum absolute atomic E-state index is 0.0952. The lowest BCUT2D eigenvalue weighted by Gasteiger charge is -2.31. The number of amides is 1. The minimum atomic E-state index is -0.460. The van der Waals surface area contributed by atoms with Crippen molar-refractivity contribution < 1.29 is 28.6 Å². The number of nitrogens with zero attached hydrogens (tertiary/aromatic N) is 1. The highest BCUT2D eigenvalue weighted by molar-refractivity contribution is 6.04. The van der Waals surface area contributed by atoms with E-state index in [1.165, 1.54) is 39.5 Å². The van der Waals surface area contributed by atoms with Crippen LogP contribution < -0.4 is 19.1 Å². The summed E-state index contributed by atoms with van der Waals surface area (Å²) in [6.07, 6.45) is 27.1. The lowest BCUT2D eigenvalue weighted by molar-refractivity contribution is -0.132. The maximum absolute atomic E-state index is 13.5. The Kier molecular flexibility index (Phi) is 14.0. The molecule has 7 heteroatoms. The number of allylic oxidation sites excluding steroid dienone is 8. The predicted octanol–water partition coefficient (Wildman–Crippen LogP) is 9.45. The highest BCUT2D eigenvalue weighted by Crippen LogP contribution is 2.49. The van der Waals surface area contributed by atoms with Crippen molar-refractivity contribution in [1.82, 2.24) is 0 Å². The van der Waals surface area contributed by atoms with Gasteiger partial charge in [-0.15, -0.1) is 0 Å². The number of hydrogen-bond acceptors (Lipinski definition) is 6. The second kappa shape index (κ2) is 18.2. The Hall–Kier alpha value is -4.39. The molecular formula is C36H43NO6. The summed E-state index contributed by atoms with van der Waals surface area (Å²) in [6, 6.07) is 9.78. The van der Waals surface area contributed by atoms with Crippen LogP contribution in [0.2, 0.25) is 0 Å². The van der Waals surface area contributed by atoms with Gasteiger partial charge in [0.2, 0.25) is 5.91 Å². The molecule has 1 heterocycles. The third-order valence-electron chi connectivity index (χ3n) is 6.56. The molecule has 0 atom stereocenters. The second-order valence-corrected chi connectivity index (χ2v) is 10.3. The zero-order chi connectivity index (χ0) is 30.9. The van der Waals surface area contributed by atoms with Gasteiger partial charge in [-0.3, -0.25) is 19.3 Å². The maximum Gasteiger partial charge on any atom is 0.308 e. The standard InChI is InChI=1S/C36H43NO6/c1-4-5-6-7-8-9-10-11-12-13-14-15-16-17-18-19-20-21-36(40)37-32-24-22-30(41-28(2)38)26-34(32)43-35-27-31(42-29(3)39)23-25-33(35)37/h8-9,11-12,14-15,17-18,22-27H,4-7,10,13,16,19-21H2,1-3H3/b9-8-,12-11-,15-14-,18-17-. The molecule has 0 aliphatic carbocycles. The van der Waals surface area contributed by atoms with Crippen molar-refractivity contribution in [2.24, 2.45) is 0 Å². The molecule has 2 aromatic rings. The van der Waals surface area contributed by atoms with Crippen LogP contribution in [0.1, 0.15) is 85.0 Å². The largest absolute Gasteiger partial charge is 0.453 e. The summed E-state index contributed by atoms with van der Waals surface area (Å²) in [5, 5.41) is 0. The summed E-state index contributed by atoms with van der Waals surface area (Å²) >= 11 is 0. The van der Waals surface area contributed by atoms with Crippen LogP contribution in [0.25, 0.3) is 0 Å². The fraction of sp³-hybridized carbons (Fsp3) is 0.361. The van der Waals surface area contributed by atoms with Gasteiger partial charge in [0.25, 0.3) is 0 Å². The molecule has 0 radical (unpaired) electrons. The molecule has 0 N–H and O–H groups in total. The van der Waals surface area contributed by atoms with Gasteiger partial charge in [0.15, 0.2) is 11.5 Å². The maximum atomic E-state index is 13.5. The van der Waals surface area contributed by atoms with Gasteiger partial charge in [0.1, 0.15) is 11.5 Å². The van der Waals surface area contributed by atoms with Crippen LogP contribution in [0.4, 0.5) is 11.4 Å². The van der Waals surface area contributed by atoms with Crippen LogP contribution >= 0.6 is 0 Å². The number of hydrogen-bond donors (Lipinski definition) is 0. The SMILES string of the molecule is CCCCC/C=C\C/C=C\C/C=C\C/C=C\CCCC(=O)N1c2ccc(OC(C)=O)cc2Oc2cc(OC(C)=O)ccc21. The van der Waals surface area contributed by atoms with E-state index < -0.39 is 11.9 Å². The first-order valence-corrected chi connectivity index (χ1v) is 15.1. The average molecular weight is 586 g/mol. The number of fused-ring (bicyclic) bond motifs is 2. The van der Waals surface area contributed by atoms with E-state index in [9.17, 15) is 14.4 Å². The molecule has 2 aromatic carbocycles. The highest BCUT2D eigenvalue weighted by Gasteiger charge is 2.30. The van der Waals surface area contributed by atoms with Crippen molar-refractivity contribution >= 4 is 29.2 Å². The minimum Gasteiger partial charge on any atom is -0.453 e. The van der Waals surface area contributed by atoms with Crippen molar-refractivity contribution in [2.45, 2.75) is 85.0 Å². The molecule has 3 rings (SSSR count). The van der Waals surface area contributed by atoms with E-state index in [2.05, 4.69) is 55.5 Å². The molecule has 7 nitrogen and oxygen atoms in total. The van der Waals surface area contributed by atoms with Crippen LogP contribution in [0, 0.1) is 0 Å². The number of rotatable bonds is 16. The zero-order valence-electron chi connectivity index (χ0n) is 25.6. The molecule has 0 saturated heterocycles. The first-order valence-electron chi connectivity index (χ1n) is 15.1. The molecule has 0 aromatic heterocycles. The fourth-order valence-corrected chi connectivity index (χ4v) is 4.54. The molecule has 0 unspecified atom stereocenters. The third-order valence-corrected chi connectivity index (χ3v) is 6.56. The molecule has 0 bridgehead atoms. The van der Waals surface area contributed by atoms with Gasteiger partial charge in [-0.2, -0.15) is 0 Å². The number of esters is 2. The van der Waals surface area contributed by atoms with Gasteiger partial charge in [-0.25, -0.2) is 0 Å². The quantitative estimate of drug-likeness (QED) is 0.0844. The van der Waals surface area contributed by atoms with Crippen LogP contribution in [0.3, 0.4) is 0 Å². The smallest absolute Gasteiger partial charge is 0.308 e. The first-order chi connectivity index (χ1) is 20.9. The predicted molar refractivity (Wildman–Crippen MR) is 171 cm³/mol. The number of ether oxygens (including phenoxy) is 3. The molecule has 0 fully saturated rings. The monoisotopic (exact) mass is 585 g/mol. The normalized spacial score (nSPS) is 12.6. The van der Waals surface area contributed by atoms with Gasteiger partial charge < -0.3 is 14.2 Å². The van der Waals surface area contributed by atoms with Gasteiger partial charge in [-0.1, -0.05) is 68.4 Å². The Balaban J connectivity index is 1.51. The molecule has 43 heavy (non-hydrogen) atoms. The molecule has 0 saturated carbocycles. The van der Waals surface area contributed by atoms with Crippen LogP contribution in [-0.4, -0.2) is 17.8 Å². The van der Waals surface area contributed by atoms with E-state index in [1.807, 2.05) is 0 Å². The van der Waals surface area contributed by atoms with Crippen LogP contribution in [0.15, 0.2) is 85.0 Å². The van der Waals surface area contributed by atoms with Crippen molar-refractivity contribution in [3.05, 3.63) is 85.0 Å². The van der Waals surface area contributed by atoms with Crippen LogP contribution in [0.5, 0.6) is 23.0 Å². The van der Waals surface area contributed by atoms with E-state index in [0.29, 0.717) is 47.2 Å². The zero-order valence-corrected chi connectivity index (χ0v) is 25.6. The Morgan fingerprint density at radius 2 is 1.14 bits per heavy atom. The lowest BCUT2D eigenvalue weighted by atomic mass is 10.1. The molecule has 0 spiro atoms. The van der Waals surface area contributed by atoms with Gasteiger partial charge in [0, 0.05) is 32.4 Å². The first kappa shape index (κ1) is 33.1. The molecule has 1 amide bonds. The Labute approximate surface area is 255 Å². The third kappa shape index (κ3) is 11.4. The summed E-state index contributed by atoms with van der Waals surface area (Å²) < 4.78 is 16.4. The van der Waals surface area contributed by atoms with Gasteiger partial charge >= 0.3 is 11.9 Å². The average Bonchev–Trinajstić information content (AvgIpc) is 2.96. The summed E-state index contributed by atoms with van der Waals surface area (Å²) in [5.41, 5.74) is 1.10. The van der Waals surface area contributed by atoms with E-state index in [1.54, 1.807) is 41.3 Å². The Bertz CT molecular complexity index is 1290. The van der Waals surface area contributed by atoms with Gasteiger partial charge in [0.05, 0.1) is 11.4 Å². The summed E-state index contributed by atoms with van der Waals surface area (Å²) in [6.45, 7) is 4.86. The molecular weight excluding hydrogens is 542 g/mol. The van der Waals surface area contributed by atoms with Gasteiger partial charge in [-0.05, 0) is 69.2 Å². The van der Waals surface area contributed by atoms with E-state index >= 15 is 0 Å². The molecule has 1 aliphatic rings. The molecule has 228 valence electrons. The van der Waals surface area contributed by atoms with Crippen molar-refractivity contribution in [3.8, 4) is 23.0 Å². The summed E-state index contributed by atoms with van der Waals surface area (Å²) in [4.78, 5) is 38.0. The number of benzene rings is 2. The summed E-state index contributed by atoms with van der Waals surface area (Å²) in [7, 11) is 0. The number of carbonyl (C=O) groups is 3. The van der Waals surface area contributed by atoms with E-state index in [4.69, 9.17) is 14.2 Å². The lowest BCUT2D eigenvalue weighted by Crippen LogP contribution is -2.28. The van der Waals surface area contributed by atoms with Crippen molar-refractivity contribution in [3.63, 3.8) is 0 Å². The van der Waals surface area contributed by atoms with E-state index in [0.717, 1.165) is 25.7 Å². The van der Waals surface area contributed by atoms with Crippen molar-refractivity contribution in [2.75, 3.05) is 4.90 Å².